The lowest BCUT2D eigenvalue weighted by Gasteiger charge is -2.05. The zero-order chi connectivity index (χ0) is 8.43. The lowest BCUT2D eigenvalue weighted by atomic mass is 10.3. The summed E-state index contributed by atoms with van der Waals surface area (Å²) in [6, 6.07) is 0. The van der Waals surface area contributed by atoms with Gasteiger partial charge in [0.15, 0.2) is 6.10 Å². The highest BCUT2D eigenvalue weighted by Gasteiger charge is 2.34. The van der Waals surface area contributed by atoms with Crippen molar-refractivity contribution >= 4 is 17.5 Å². The van der Waals surface area contributed by atoms with Crippen LogP contribution < -0.4 is 0 Å². The normalized spacial score (nSPS) is 23.9. The van der Waals surface area contributed by atoms with Crippen molar-refractivity contribution in [2.75, 3.05) is 0 Å². The molecular formula is C7H8O4. The predicted octanol–water partition coefficient (Wildman–Crippen LogP) is -0.150. The number of ketones is 2. The standard InChI is InChI=1S/C7H8O4/c1-4(8)11-6-3-2-5(9)7(6)10/h6H,2-3H2,1H3. The van der Waals surface area contributed by atoms with Gasteiger partial charge in [0.2, 0.25) is 11.6 Å². The van der Waals surface area contributed by atoms with Gasteiger partial charge in [-0.05, 0) is 6.42 Å². The number of esters is 1. The quantitative estimate of drug-likeness (QED) is 0.391. The van der Waals surface area contributed by atoms with Gasteiger partial charge >= 0.3 is 5.97 Å². The summed E-state index contributed by atoms with van der Waals surface area (Å²) in [6.45, 7) is 1.22. The summed E-state index contributed by atoms with van der Waals surface area (Å²) >= 11 is 0. The fourth-order valence-electron chi connectivity index (χ4n) is 1.01. The van der Waals surface area contributed by atoms with E-state index in [1.807, 2.05) is 0 Å². The molecule has 1 fully saturated rings. The van der Waals surface area contributed by atoms with Crippen LogP contribution in [0.2, 0.25) is 0 Å². The monoisotopic (exact) mass is 156 g/mol. The van der Waals surface area contributed by atoms with E-state index in [1.54, 1.807) is 0 Å². The van der Waals surface area contributed by atoms with E-state index in [-0.39, 0.29) is 6.42 Å². The van der Waals surface area contributed by atoms with Crippen molar-refractivity contribution in [1.82, 2.24) is 0 Å². The molecule has 4 nitrogen and oxygen atoms in total. The van der Waals surface area contributed by atoms with Crippen molar-refractivity contribution in [2.24, 2.45) is 0 Å². The minimum absolute atomic E-state index is 0.205. The van der Waals surface area contributed by atoms with Crippen LogP contribution in [0, 0.1) is 0 Å². The highest BCUT2D eigenvalue weighted by atomic mass is 16.5. The van der Waals surface area contributed by atoms with Crippen molar-refractivity contribution in [3.8, 4) is 0 Å². The van der Waals surface area contributed by atoms with Gasteiger partial charge in [-0.3, -0.25) is 14.4 Å². The molecule has 60 valence electrons. The Morgan fingerprint density at radius 1 is 1.55 bits per heavy atom. The van der Waals surface area contributed by atoms with Crippen LogP contribution in [-0.4, -0.2) is 23.6 Å². The van der Waals surface area contributed by atoms with E-state index < -0.39 is 23.6 Å². The molecule has 0 aromatic rings. The lowest BCUT2D eigenvalue weighted by Crippen LogP contribution is -2.23. The zero-order valence-corrected chi connectivity index (χ0v) is 6.12. The average Bonchev–Trinajstić information content (AvgIpc) is 2.18. The van der Waals surface area contributed by atoms with Gasteiger partial charge < -0.3 is 4.74 Å². The second-order valence-corrected chi connectivity index (χ2v) is 2.42. The smallest absolute Gasteiger partial charge is 0.303 e. The van der Waals surface area contributed by atoms with E-state index in [4.69, 9.17) is 0 Å². The first kappa shape index (κ1) is 7.91. The van der Waals surface area contributed by atoms with Crippen molar-refractivity contribution in [3.05, 3.63) is 0 Å². The van der Waals surface area contributed by atoms with Crippen molar-refractivity contribution in [1.29, 1.82) is 0 Å². The molecule has 0 aromatic heterocycles. The van der Waals surface area contributed by atoms with Crippen LogP contribution in [0.5, 0.6) is 0 Å². The maximum atomic E-state index is 10.8. The molecule has 0 bridgehead atoms. The van der Waals surface area contributed by atoms with Crippen LogP contribution in [0.1, 0.15) is 19.8 Å². The Hall–Kier alpha value is -1.19. The van der Waals surface area contributed by atoms with Crippen LogP contribution in [0.3, 0.4) is 0 Å². The molecule has 1 atom stereocenters. The topological polar surface area (TPSA) is 60.4 Å². The van der Waals surface area contributed by atoms with E-state index >= 15 is 0 Å². The van der Waals surface area contributed by atoms with E-state index in [0.29, 0.717) is 6.42 Å². The molecule has 0 heterocycles. The van der Waals surface area contributed by atoms with Crippen LogP contribution in [0.25, 0.3) is 0 Å². The second kappa shape index (κ2) is 2.82. The van der Waals surface area contributed by atoms with Gasteiger partial charge in [0.1, 0.15) is 0 Å². The molecule has 1 saturated carbocycles. The van der Waals surface area contributed by atoms with E-state index in [0.717, 1.165) is 0 Å². The molecule has 0 saturated heterocycles. The van der Waals surface area contributed by atoms with Gasteiger partial charge in [0.25, 0.3) is 0 Å². The minimum Gasteiger partial charge on any atom is -0.454 e. The maximum absolute atomic E-state index is 10.8. The summed E-state index contributed by atoms with van der Waals surface area (Å²) in [4.78, 5) is 31.8. The fourth-order valence-corrected chi connectivity index (χ4v) is 1.01. The number of rotatable bonds is 1. The zero-order valence-electron chi connectivity index (χ0n) is 6.12. The molecule has 0 amide bonds. The number of hydrogen-bond acceptors (Lipinski definition) is 4. The summed E-state index contributed by atoms with van der Waals surface area (Å²) in [5, 5.41) is 0. The van der Waals surface area contributed by atoms with Gasteiger partial charge in [-0.1, -0.05) is 0 Å². The molecule has 0 aliphatic heterocycles. The van der Waals surface area contributed by atoms with Gasteiger partial charge in [0, 0.05) is 13.3 Å². The van der Waals surface area contributed by atoms with Crippen molar-refractivity contribution in [2.45, 2.75) is 25.9 Å². The summed E-state index contributed by atoms with van der Waals surface area (Å²) < 4.78 is 4.58. The Morgan fingerprint density at radius 2 is 2.18 bits per heavy atom. The number of carbonyl (C=O) groups is 3. The van der Waals surface area contributed by atoms with Gasteiger partial charge in [-0.25, -0.2) is 0 Å². The van der Waals surface area contributed by atoms with E-state index in [2.05, 4.69) is 4.74 Å². The highest BCUT2D eigenvalue weighted by Crippen LogP contribution is 2.14. The molecular weight excluding hydrogens is 148 g/mol. The number of hydrogen-bond donors (Lipinski definition) is 0. The molecule has 1 aliphatic carbocycles. The predicted molar refractivity (Wildman–Crippen MR) is 34.8 cm³/mol. The summed E-state index contributed by atoms with van der Waals surface area (Å²) in [6.07, 6.45) is -0.256. The second-order valence-electron chi connectivity index (χ2n) is 2.42. The van der Waals surface area contributed by atoms with Gasteiger partial charge in [-0.15, -0.1) is 0 Å². The highest BCUT2D eigenvalue weighted by molar-refractivity contribution is 6.41. The summed E-state index contributed by atoms with van der Waals surface area (Å²) in [5.74, 6) is -1.52. The third-order valence-corrected chi connectivity index (χ3v) is 1.51. The molecule has 1 aliphatic rings. The summed E-state index contributed by atoms with van der Waals surface area (Å²) in [7, 11) is 0. The van der Waals surface area contributed by atoms with Gasteiger partial charge in [-0.2, -0.15) is 0 Å². The van der Waals surface area contributed by atoms with Gasteiger partial charge in [0.05, 0.1) is 0 Å². The first-order chi connectivity index (χ1) is 5.11. The molecule has 0 radical (unpaired) electrons. The molecule has 1 unspecified atom stereocenters. The van der Waals surface area contributed by atoms with Crippen LogP contribution in [-0.2, 0) is 19.1 Å². The molecule has 0 aromatic carbocycles. The van der Waals surface area contributed by atoms with Crippen molar-refractivity contribution in [3.63, 3.8) is 0 Å². The third kappa shape index (κ3) is 1.63. The Bertz CT molecular complexity index is 218. The average molecular weight is 156 g/mol. The first-order valence-corrected chi connectivity index (χ1v) is 3.35. The molecule has 0 N–H and O–H groups in total. The van der Waals surface area contributed by atoms with Crippen LogP contribution in [0.15, 0.2) is 0 Å². The SMILES string of the molecule is CC(=O)OC1CCC(=O)C1=O. The Labute approximate surface area is 63.5 Å². The summed E-state index contributed by atoms with van der Waals surface area (Å²) in [5.41, 5.74) is 0. The fraction of sp³-hybridized carbons (Fsp3) is 0.571. The molecule has 1 rings (SSSR count). The van der Waals surface area contributed by atoms with E-state index in [1.165, 1.54) is 6.92 Å². The third-order valence-electron chi connectivity index (χ3n) is 1.51. The Balaban J connectivity index is 2.55. The molecule has 4 heteroatoms. The van der Waals surface area contributed by atoms with E-state index in [9.17, 15) is 14.4 Å². The largest absolute Gasteiger partial charge is 0.454 e. The minimum atomic E-state index is -0.806. The number of ether oxygens (including phenoxy) is 1. The lowest BCUT2D eigenvalue weighted by molar-refractivity contribution is -0.152. The Morgan fingerprint density at radius 3 is 2.55 bits per heavy atom. The number of carbonyl (C=O) groups excluding carboxylic acids is 3. The molecule has 11 heavy (non-hydrogen) atoms. The first-order valence-electron chi connectivity index (χ1n) is 3.35. The Kier molecular flexibility index (Phi) is 2.03. The van der Waals surface area contributed by atoms with Crippen LogP contribution in [0.4, 0.5) is 0 Å². The van der Waals surface area contributed by atoms with Crippen molar-refractivity contribution < 1.29 is 19.1 Å². The number of Topliss-reactive ketones (excluding diaryl/α,β-unsaturated/α-hetero) is 2. The maximum Gasteiger partial charge on any atom is 0.303 e. The van der Waals surface area contributed by atoms with Crippen LogP contribution >= 0.6 is 0 Å². The molecule has 0 spiro atoms.